The van der Waals surface area contributed by atoms with E-state index in [-0.39, 0.29) is 11.6 Å². The molecule has 2 heterocycles. The molecule has 144 valence electrons. The highest BCUT2D eigenvalue weighted by atomic mass is 16.5. The fourth-order valence-corrected chi connectivity index (χ4v) is 2.50. The van der Waals surface area contributed by atoms with Crippen LogP contribution in [0, 0.1) is 0 Å². The first-order valence-electron chi connectivity index (χ1n) is 8.63. The molecule has 8 heteroatoms. The zero-order valence-corrected chi connectivity index (χ0v) is 15.7. The molecule has 0 saturated heterocycles. The average molecular weight is 379 g/mol. The van der Waals surface area contributed by atoms with Crippen LogP contribution in [-0.2, 0) is 13.1 Å². The Balaban J connectivity index is 1.55. The summed E-state index contributed by atoms with van der Waals surface area (Å²) in [4.78, 5) is 24.6. The van der Waals surface area contributed by atoms with Crippen molar-refractivity contribution >= 4 is 11.7 Å². The standard InChI is InChI=1S/C20H21N5O3/c1-27-17-6-5-14(8-18(17)28-2)10-23-19-13-22-16(12-24-19)20(26)25-11-15-4-3-7-21-9-15/h3-9,12-13H,10-11H2,1-2H3,(H,23,24)(H,25,26). The minimum atomic E-state index is -0.289. The van der Waals surface area contributed by atoms with Crippen molar-refractivity contribution in [2.45, 2.75) is 13.1 Å². The van der Waals surface area contributed by atoms with Crippen molar-refractivity contribution in [1.29, 1.82) is 0 Å². The van der Waals surface area contributed by atoms with Crippen molar-refractivity contribution in [3.05, 3.63) is 71.9 Å². The monoisotopic (exact) mass is 379 g/mol. The van der Waals surface area contributed by atoms with Crippen LogP contribution in [0.25, 0.3) is 0 Å². The maximum Gasteiger partial charge on any atom is 0.271 e. The van der Waals surface area contributed by atoms with E-state index in [9.17, 15) is 4.79 Å². The molecule has 0 aliphatic heterocycles. The summed E-state index contributed by atoms with van der Waals surface area (Å²) in [6.07, 6.45) is 6.35. The van der Waals surface area contributed by atoms with E-state index >= 15 is 0 Å². The van der Waals surface area contributed by atoms with Crippen molar-refractivity contribution in [3.63, 3.8) is 0 Å². The molecule has 1 aromatic carbocycles. The van der Waals surface area contributed by atoms with E-state index in [1.165, 1.54) is 12.4 Å². The molecule has 0 atom stereocenters. The zero-order chi connectivity index (χ0) is 19.8. The van der Waals surface area contributed by atoms with Crippen molar-refractivity contribution in [1.82, 2.24) is 20.3 Å². The van der Waals surface area contributed by atoms with Crippen LogP contribution in [0.4, 0.5) is 5.82 Å². The van der Waals surface area contributed by atoms with Crippen molar-refractivity contribution in [2.75, 3.05) is 19.5 Å². The average Bonchev–Trinajstić information content (AvgIpc) is 2.76. The van der Waals surface area contributed by atoms with Crippen LogP contribution < -0.4 is 20.1 Å². The molecule has 28 heavy (non-hydrogen) atoms. The lowest BCUT2D eigenvalue weighted by molar-refractivity contribution is 0.0945. The molecule has 0 fully saturated rings. The molecule has 0 spiro atoms. The van der Waals surface area contributed by atoms with Gasteiger partial charge in [-0.3, -0.25) is 9.78 Å². The number of aromatic nitrogens is 3. The molecule has 0 radical (unpaired) electrons. The second kappa shape index (κ2) is 9.31. The third kappa shape index (κ3) is 4.94. The van der Waals surface area contributed by atoms with Gasteiger partial charge in [0.2, 0.25) is 0 Å². The first kappa shape index (κ1) is 19.1. The van der Waals surface area contributed by atoms with E-state index in [0.29, 0.717) is 30.4 Å². The highest BCUT2D eigenvalue weighted by molar-refractivity contribution is 5.91. The molecule has 0 aliphatic carbocycles. The van der Waals surface area contributed by atoms with Crippen LogP contribution >= 0.6 is 0 Å². The minimum absolute atomic E-state index is 0.251. The summed E-state index contributed by atoms with van der Waals surface area (Å²) in [6.45, 7) is 0.912. The Bertz CT molecular complexity index is 917. The van der Waals surface area contributed by atoms with Crippen molar-refractivity contribution < 1.29 is 14.3 Å². The molecular weight excluding hydrogens is 358 g/mol. The van der Waals surface area contributed by atoms with Crippen LogP contribution in [-0.4, -0.2) is 35.1 Å². The van der Waals surface area contributed by atoms with Crippen LogP contribution in [0.15, 0.2) is 55.1 Å². The number of methoxy groups -OCH3 is 2. The second-order valence-electron chi connectivity index (χ2n) is 5.87. The van der Waals surface area contributed by atoms with Gasteiger partial charge in [-0.2, -0.15) is 0 Å². The number of anilines is 1. The number of pyridine rings is 1. The van der Waals surface area contributed by atoms with Gasteiger partial charge in [-0.05, 0) is 29.3 Å². The van der Waals surface area contributed by atoms with Crippen LogP contribution in [0.2, 0.25) is 0 Å². The van der Waals surface area contributed by atoms with Gasteiger partial charge in [-0.15, -0.1) is 0 Å². The number of hydrogen-bond acceptors (Lipinski definition) is 7. The van der Waals surface area contributed by atoms with Gasteiger partial charge in [0.05, 0.1) is 26.6 Å². The Hall–Kier alpha value is -3.68. The second-order valence-corrected chi connectivity index (χ2v) is 5.87. The fourth-order valence-electron chi connectivity index (χ4n) is 2.50. The van der Waals surface area contributed by atoms with Crippen LogP contribution in [0.5, 0.6) is 11.5 Å². The minimum Gasteiger partial charge on any atom is -0.493 e. The van der Waals surface area contributed by atoms with E-state index in [2.05, 4.69) is 25.6 Å². The Morgan fingerprint density at radius 2 is 1.82 bits per heavy atom. The Kier molecular flexibility index (Phi) is 6.35. The molecule has 3 aromatic rings. The molecule has 0 unspecified atom stereocenters. The SMILES string of the molecule is COc1ccc(CNc2cnc(C(=O)NCc3cccnc3)cn2)cc1OC. The fraction of sp³-hybridized carbons (Fsp3) is 0.200. The van der Waals surface area contributed by atoms with Gasteiger partial charge in [-0.1, -0.05) is 12.1 Å². The molecule has 0 aliphatic rings. The largest absolute Gasteiger partial charge is 0.493 e. The Labute approximate surface area is 163 Å². The highest BCUT2D eigenvalue weighted by Crippen LogP contribution is 2.27. The molecule has 0 bridgehead atoms. The summed E-state index contributed by atoms with van der Waals surface area (Å²) >= 11 is 0. The lowest BCUT2D eigenvalue weighted by Crippen LogP contribution is -2.24. The van der Waals surface area contributed by atoms with E-state index in [1.807, 2.05) is 30.3 Å². The number of hydrogen-bond donors (Lipinski definition) is 2. The smallest absolute Gasteiger partial charge is 0.271 e. The normalized spacial score (nSPS) is 10.2. The summed E-state index contributed by atoms with van der Waals surface area (Å²) < 4.78 is 10.5. The first-order valence-corrected chi connectivity index (χ1v) is 8.63. The maximum atomic E-state index is 12.2. The predicted molar refractivity (Wildman–Crippen MR) is 104 cm³/mol. The van der Waals surface area contributed by atoms with Crippen LogP contribution in [0.1, 0.15) is 21.6 Å². The van der Waals surface area contributed by atoms with E-state index in [0.717, 1.165) is 11.1 Å². The third-order valence-corrected chi connectivity index (χ3v) is 3.98. The Morgan fingerprint density at radius 3 is 2.50 bits per heavy atom. The molecule has 2 aromatic heterocycles. The van der Waals surface area contributed by atoms with Gasteiger partial charge in [0.1, 0.15) is 11.5 Å². The van der Waals surface area contributed by atoms with Gasteiger partial charge in [-0.25, -0.2) is 9.97 Å². The molecule has 3 rings (SSSR count). The quantitative estimate of drug-likeness (QED) is 0.620. The summed E-state index contributed by atoms with van der Waals surface area (Å²) in [5.74, 6) is 1.61. The van der Waals surface area contributed by atoms with Gasteiger partial charge >= 0.3 is 0 Å². The van der Waals surface area contributed by atoms with Gasteiger partial charge in [0.15, 0.2) is 11.5 Å². The summed E-state index contributed by atoms with van der Waals surface area (Å²) in [7, 11) is 3.19. The Morgan fingerprint density at radius 1 is 0.964 bits per heavy atom. The number of benzene rings is 1. The molecule has 8 nitrogen and oxygen atoms in total. The number of nitrogens with zero attached hydrogens (tertiary/aromatic N) is 3. The van der Waals surface area contributed by atoms with Gasteiger partial charge in [0.25, 0.3) is 5.91 Å². The molecular formula is C20H21N5O3. The number of rotatable bonds is 8. The zero-order valence-electron chi connectivity index (χ0n) is 15.7. The van der Waals surface area contributed by atoms with Crippen LogP contribution in [0.3, 0.4) is 0 Å². The molecule has 2 N–H and O–H groups in total. The molecule has 0 saturated carbocycles. The number of amides is 1. The maximum absolute atomic E-state index is 12.2. The number of nitrogens with one attached hydrogen (secondary N) is 2. The van der Waals surface area contributed by atoms with E-state index < -0.39 is 0 Å². The third-order valence-electron chi connectivity index (χ3n) is 3.98. The first-order chi connectivity index (χ1) is 13.7. The van der Waals surface area contributed by atoms with E-state index in [4.69, 9.17) is 9.47 Å². The lowest BCUT2D eigenvalue weighted by atomic mass is 10.2. The summed E-state index contributed by atoms with van der Waals surface area (Å²) in [5.41, 5.74) is 2.16. The van der Waals surface area contributed by atoms with Gasteiger partial charge < -0.3 is 20.1 Å². The summed E-state index contributed by atoms with van der Waals surface area (Å²) in [6, 6.07) is 9.37. The predicted octanol–water partition coefficient (Wildman–Crippen LogP) is 2.43. The molecule has 1 amide bonds. The highest BCUT2D eigenvalue weighted by Gasteiger charge is 2.08. The number of ether oxygens (including phenoxy) is 2. The summed E-state index contributed by atoms with van der Waals surface area (Å²) in [5, 5.41) is 5.95. The van der Waals surface area contributed by atoms with E-state index in [1.54, 1.807) is 26.6 Å². The lowest BCUT2D eigenvalue weighted by Gasteiger charge is -2.10. The topological polar surface area (TPSA) is 98.3 Å². The van der Waals surface area contributed by atoms with Crippen molar-refractivity contribution in [2.24, 2.45) is 0 Å². The number of carbonyl (C=O) groups excluding carboxylic acids is 1. The van der Waals surface area contributed by atoms with Crippen molar-refractivity contribution in [3.8, 4) is 11.5 Å². The number of carbonyl (C=O) groups is 1. The van der Waals surface area contributed by atoms with Gasteiger partial charge in [0, 0.05) is 25.5 Å².